The van der Waals surface area contributed by atoms with Crippen molar-refractivity contribution in [3.05, 3.63) is 68.9 Å². The molecule has 2 aromatic rings. The highest BCUT2D eigenvalue weighted by molar-refractivity contribution is 6.03. The lowest BCUT2D eigenvalue weighted by Gasteiger charge is -2.31. The molecule has 0 atom stereocenters. The Morgan fingerprint density at radius 1 is 0.969 bits per heavy atom. The largest absolute Gasteiger partial charge is 0.466 e. The molecule has 10 nitrogen and oxygen atoms in total. The van der Waals surface area contributed by atoms with Gasteiger partial charge in [0.25, 0.3) is 5.69 Å². The van der Waals surface area contributed by atoms with Gasteiger partial charge in [0, 0.05) is 12.1 Å². The normalized spacial score (nSPS) is 13.6. The van der Waals surface area contributed by atoms with Crippen LogP contribution in [0.2, 0.25) is 0 Å². The molecule has 0 N–H and O–H groups in total. The SMILES string of the molecule is COC(=O)C1=C(C(=O)OC)N(c2cc(Oc3cc(C)cc(C)c3)cc([N+](=O)[O-])c2)COC1. The van der Waals surface area contributed by atoms with E-state index in [1.165, 1.54) is 37.3 Å². The minimum atomic E-state index is -0.808. The molecular weight excluding hydrogens is 420 g/mol. The first-order valence-corrected chi connectivity index (χ1v) is 9.54. The van der Waals surface area contributed by atoms with Gasteiger partial charge < -0.3 is 23.8 Å². The van der Waals surface area contributed by atoms with Crippen LogP contribution in [0, 0.1) is 24.0 Å². The van der Waals surface area contributed by atoms with Crippen molar-refractivity contribution in [1.29, 1.82) is 0 Å². The molecule has 2 aromatic carbocycles. The maximum atomic E-state index is 12.5. The highest BCUT2D eigenvalue weighted by Crippen LogP contribution is 2.35. The maximum Gasteiger partial charge on any atom is 0.355 e. The molecule has 0 radical (unpaired) electrons. The van der Waals surface area contributed by atoms with Crippen LogP contribution in [-0.4, -0.2) is 44.4 Å². The summed E-state index contributed by atoms with van der Waals surface area (Å²) >= 11 is 0. The van der Waals surface area contributed by atoms with Gasteiger partial charge >= 0.3 is 11.9 Å². The number of nitrogens with zero attached hydrogens (tertiary/aromatic N) is 2. The molecule has 0 amide bonds. The number of esters is 2. The number of benzene rings is 2. The number of nitro benzene ring substituents is 1. The molecule has 0 saturated heterocycles. The summed E-state index contributed by atoms with van der Waals surface area (Å²) in [5.41, 5.74) is 1.69. The van der Waals surface area contributed by atoms with Crippen molar-refractivity contribution in [3.63, 3.8) is 0 Å². The highest BCUT2D eigenvalue weighted by Gasteiger charge is 2.33. The Hall–Kier alpha value is -3.92. The van der Waals surface area contributed by atoms with Crippen LogP contribution < -0.4 is 9.64 Å². The summed E-state index contributed by atoms with van der Waals surface area (Å²) < 4.78 is 20.9. The third-order valence-electron chi connectivity index (χ3n) is 4.66. The van der Waals surface area contributed by atoms with E-state index in [1.54, 1.807) is 12.1 Å². The fourth-order valence-electron chi connectivity index (χ4n) is 3.36. The third kappa shape index (κ3) is 4.86. The molecule has 0 fully saturated rings. The predicted molar refractivity (Wildman–Crippen MR) is 113 cm³/mol. The van der Waals surface area contributed by atoms with Crippen LogP contribution in [0.15, 0.2) is 47.7 Å². The van der Waals surface area contributed by atoms with Gasteiger partial charge in [-0.05, 0) is 37.1 Å². The zero-order valence-corrected chi connectivity index (χ0v) is 18.0. The molecule has 10 heteroatoms. The van der Waals surface area contributed by atoms with E-state index in [0.29, 0.717) is 5.75 Å². The molecule has 168 valence electrons. The number of methoxy groups -OCH3 is 2. The number of nitro groups is 1. The van der Waals surface area contributed by atoms with Crippen LogP contribution in [0.25, 0.3) is 0 Å². The molecule has 0 aliphatic carbocycles. The van der Waals surface area contributed by atoms with E-state index >= 15 is 0 Å². The van der Waals surface area contributed by atoms with Crippen molar-refractivity contribution in [2.24, 2.45) is 0 Å². The van der Waals surface area contributed by atoms with Gasteiger partial charge in [0.2, 0.25) is 0 Å². The average molecular weight is 442 g/mol. The summed E-state index contributed by atoms with van der Waals surface area (Å²) in [6.45, 7) is 3.50. The van der Waals surface area contributed by atoms with E-state index in [2.05, 4.69) is 0 Å². The molecule has 0 bridgehead atoms. The van der Waals surface area contributed by atoms with E-state index < -0.39 is 16.9 Å². The molecule has 1 aliphatic heterocycles. The number of aryl methyl sites for hydroxylation is 2. The first kappa shape index (κ1) is 22.8. The summed E-state index contributed by atoms with van der Waals surface area (Å²) in [6.07, 6.45) is 0. The zero-order valence-electron chi connectivity index (χ0n) is 18.0. The molecule has 0 saturated carbocycles. The molecule has 1 heterocycles. The summed E-state index contributed by atoms with van der Waals surface area (Å²) in [5.74, 6) is -0.902. The number of anilines is 1. The van der Waals surface area contributed by atoms with Crippen LogP contribution in [0.4, 0.5) is 11.4 Å². The minimum absolute atomic E-state index is 0.0612. The molecule has 1 aliphatic rings. The monoisotopic (exact) mass is 442 g/mol. The number of hydrogen-bond donors (Lipinski definition) is 0. The molecule has 0 unspecified atom stereocenters. The van der Waals surface area contributed by atoms with Gasteiger partial charge in [-0.3, -0.25) is 10.1 Å². The second kappa shape index (κ2) is 9.48. The van der Waals surface area contributed by atoms with Gasteiger partial charge in [-0.1, -0.05) is 6.07 Å². The first-order chi connectivity index (χ1) is 15.2. The number of non-ortho nitro benzene ring substituents is 1. The average Bonchev–Trinajstić information content (AvgIpc) is 2.76. The fourth-order valence-corrected chi connectivity index (χ4v) is 3.36. The van der Waals surface area contributed by atoms with Crippen molar-refractivity contribution in [2.45, 2.75) is 13.8 Å². The lowest BCUT2D eigenvalue weighted by atomic mass is 10.1. The summed E-state index contributed by atoms with van der Waals surface area (Å²) in [6, 6.07) is 9.60. The van der Waals surface area contributed by atoms with E-state index in [9.17, 15) is 19.7 Å². The number of hydrogen-bond acceptors (Lipinski definition) is 9. The van der Waals surface area contributed by atoms with Crippen LogP contribution in [0.1, 0.15) is 11.1 Å². The Labute approximate surface area is 184 Å². The van der Waals surface area contributed by atoms with Gasteiger partial charge in [-0.2, -0.15) is 0 Å². The number of carbonyl (C=O) groups is 2. The van der Waals surface area contributed by atoms with Crippen molar-refractivity contribution in [2.75, 3.05) is 32.5 Å². The Morgan fingerprint density at radius 2 is 1.59 bits per heavy atom. The first-order valence-electron chi connectivity index (χ1n) is 9.54. The van der Waals surface area contributed by atoms with Crippen molar-refractivity contribution in [3.8, 4) is 11.5 Å². The predicted octanol–water partition coefficient (Wildman–Crippen LogP) is 3.40. The highest BCUT2D eigenvalue weighted by atomic mass is 16.6. The van der Waals surface area contributed by atoms with Crippen molar-refractivity contribution in [1.82, 2.24) is 0 Å². The Balaban J connectivity index is 2.12. The van der Waals surface area contributed by atoms with Gasteiger partial charge in [-0.25, -0.2) is 9.59 Å². The molecule has 0 aromatic heterocycles. The van der Waals surface area contributed by atoms with Crippen LogP contribution >= 0.6 is 0 Å². The van der Waals surface area contributed by atoms with Crippen molar-refractivity contribution >= 4 is 23.3 Å². The van der Waals surface area contributed by atoms with E-state index in [1.807, 2.05) is 19.9 Å². The topological polar surface area (TPSA) is 117 Å². The number of carbonyl (C=O) groups excluding carboxylic acids is 2. The molecule has 0 spiro atoms. The van der Waals surface area contributed by atoms with Crippen LogP contribution in [0.3, 0.4) is 0 Å². The summed E-state index contributed by atoms with van der Waals surface area (Å²) in [7, 11) is 2.34. The van der Waals surface area contributed by atoms with Gasteiger partial charge in [0.15, 0.2) is 0 Å². The molecule has 3 rings (SSSR count). The summed E-state index contributed by atoms with van der Waals surface area (Å²) in [4.78, 5) is 37.0. The van der Waals surface area contributed by atoms with Crippen LogP contribution in [-0.2, 0) is 23.8 Å². The quantitative estimate of drug-likeness (QED) is 0.377. The van der Waals surface area contributed by atoms with Gasteiger partial charge in [0.05, 0.1) is 43.1 Å². The Bertz CT molecular complexity index is 1090. The molecular formula is C22H22N2O8. The van der Waals surface area contributed by atoms with Gasteiger partial charge in [-0.15, -0.1) is 0 Å². The van der Waals surface area contributed by atoms with Crippen LogP contribution in [0.5, 0.6) is 11.5 Å². The lowest BCUT2D eigenvalue weighted by molar-refractivity contribution is -0.384. The summed E-state index contributed by atoms with van der Waals surface area (Å²) in [5, 5.41) is 11.6. The van der Waals surface area contributed by atoms with E-state index in [0.717, 1.165) is 11.1 Å². The standard InChI is InChI=1S/C22H22N2O8/c1-13-5-14(2)7-17(6-13)32-18-9-15(8-16(10-18)24(27)28)23-12-31-11-19(21(25)29-3)20(23)22(26)30-4/h5-10H,11-12H2,1-4H3. The van der Waals surface area contributed by atoms with E-state index in [4.69, 9.17) is 18.9 Å². The van der Waals surface area contributed by atoms with E-state index in [-0.39, 0.29) is 41.7 Å². The lowest BCUT2D eigenvalue weighted by Crippen LogP contribution is -2.38. The number of ether oxygens (including phenoxy) is 4. The zero-order chi connectivity index (χ0) is 23.4. The molecule has 32 heavy (non-hydrogen) atoms. The van der Waals surface area contributed by atoms with Crippen molar-refractivity contribution < 1.29 is 33.5 Å². The Kier molecular flexibility index (Phi) is 6.74. The van der Waals surface area contributed by atoms with Gasteiger partial charge in [0.1, 0.15) is 23.9 Å². The second-order valence-electron chi connectivity index (χ2n) is 7.08. The Morgan fingerprint density at radius 3 is 2.19 bits per heavy atom. The maximum absolute atomic E-state index is 12.5. The number of rotatable bonds is 6. The smallest absolute Gasteiger partial charge is 0.355 e. The minimum Gasteiger partial charge on any atom is -0.466 e. The fraction of sp³-hybridized carbons (Fsp3) is 0.273. The second-order valence-corrected chi connectivity index (χ2v) is 7.08. The third-order valence-corrected chi connectivity index (χ3v) is 4.66.